The van der Waals surface area contributed by atoms with Gasteiger partial charge in [-0.3, -0.25) is 4.79 Å². The maximum absolute atomic E-state index is 12.8. The highest BCUT2D eigenvalue weighted by Crippen LogP contribution is 2.19. The molecule has 4 nitrogen and oxygen atoms in total. The second kappa shape index (κ2) is 8.15. The Balaban J connectivity index is 1.54. The molecule has 1 atom stereocenters. The number of aromatic nitrogens is 1. The van der Waals surface area contributed by atoms with Crippen LogP contribution in [0.25, 0.3) is 10.9 Å². The number of fused-ring (bicyclic) bond motifs is 1. The van der Waals surface area contributed by atoms with E-state index in [1.54, 1.807) is 0 Å². The molecule has 0 spiro atoms. The maximum atomic E-state index is 12.8. The van der Waals surface area contributed by atoms with Gasteiger partial charge in [0.2, 0.25) is 0 Å². The van der Waals surface area contributed by atoms with E-state index in [1.807, 2.05) is 91.1 Å². The summed E-state index contributed by atoms with van der Waals surface area (Å²) >= 11 is 0. The predicted octanol–water partition coefficient (Wildman–Crippen LogP) is 2.39. The summed E-state index contributed by atoms with van der Waals surface area (Å²) in [4.78, 5) is 16.0. The van der Waals surface area contributed by atoms with E-state index < -0.39 is 18.9 Å². The Morgan fingerprint density at radius 1 is 0.893 bits per heavy atom. The first-order valence-electron chi connectivity index (χ1n) is 9.33. The van der Waals surface area contributed by atoms with Gasteiger partial charge in [-0.2, -0.15) is 0 Å². The summed E-state index contributed by atoms with van der Waals surface area (Å²) in [6.07, 6.45) is 2.32. The van der Waals surface area contributed by atoms with E-state index in [4.69, 9.17) is 10.4 Å². The molecule has 1 unspecified atom stereocenters. The van der Waals surface area contributed by atoms with Gasteiger partial charge in [-0.25, -0.2) is 0 Å². The van der Waals surface area contributed by atoms with Gasteiger partial charge in [-0.15, -0.1) is 0 Å². The predicted molar refractivity (Wildman–Crippen MR) is 114 cm³/mol. The van der Waals surface area contributed by atoms with Crippen LogP contribution in [0.5, 0.6) is 0 Å². The van der Waals surface area contributed by atoms with Crippen LogP contribution in [0.4, 0.5) is 0 Å². The SMILES string of the molecule is NC(Cc1c[nH]c2ccccc12)C(=O)OB(c1ccccc1)c1ccccc1. The van der Waals surface area contributed by atoms with Crippen molar-refractivity contribution in [3.63, 3.8) is 0 Å². The van der Waals surface area contributed by atoms with E-state index in [-0.39, 0.29) is 0 Å². The van der Waals surface area contributed by atoms with Gasteiger partial charge in [-0.05, 0) is 22.6 Å². The van der Waals surface area contributed by atoms with Gasteiger partial charge in [0.15, 0.2) is 0 Å². The first kappa shape index (κ1) is 18.1. The molecular formula is C23H21BN2O2. The first-order chi connectivity index (χ1) is 13.7. The van der Waals surface area contributed by atoms with Crippen LogP contribution in [0.1, 0.15) is 5.56 Å². The number of hydrogen-bond acceptors (Lipinski definition) is 3. The summed E-state index contributed by atoms with van der Waals surface area (Å²) < 4.78 is 5.87. The molecule has 4 aromatic rings. The molecule has 0 saturated heterocycles. The third kappa shape index (κ3) is 3.85. The van der Waals surface area contributed by atoms with Crippen LogP contribution in [0.3, 0.4) is 0 Å². The summed E-state index contributed by atoms with van der Waals surface area (Å²) in [7, 11) is 0. The van der Waals surface area contributed by atoms with E-state index in [9.17, 15) is 4.79 Å². The van der Waals surface area contributed by atoms with Crippen LogP contribution in [0.2, 0.25) is 0 Å². The monoisotopic (exact) mass is 368 g/mol. The summed E-state index contributed by atoms with van der Waals surface area (Å²) in [5.41, 5.74) is 10.1. The highest BCUT2D eigenvalue weighted by atomic mass is 16.5. The number of H-pyrrole nitrogens is 1. The second-order valence-electron chi connectivity index (χ2n) is 6.81. The Kier molecular flexibility index (Phi) is 5.26. The zero-order chi connectivity index (χ0) is 19.3. The molecule has 1 aromatic heterocycles. The van der Waals surface area contributed by atoms with Crippen molar-refractivity contribution in [2.24, 2.45) is 5.73 Å². The van der Waals surface area contributed by atoms with Crippen molar-refractivity contribution >= 4 is 34.7 Å². The lowest BCUT2D eigenvalue weighted by atomic mass is 9.55. The van der Waals surface area contributed by atoms with E-state index in [0.717, 1.165) is 27.4 Å². The average molecular weight is 368 g/mol. The van der Waals surface area contributed by atoms with Gasteiger partial charge in [0, 0.05) is 23.5 Å². The fourth-order valence-electron chi connectivity index (χ4n) is 3.41. The minimum absolute atomic E-state index is 0.414. The van der Waals surface area contributed by atoms with Crippen molar-refractivity contribution in [1.29, 1.82) is 0 Å². The van der Waals surface area contributed by atoms with Crippen LogP contribution >= 0.6 is 0 Å². The van der Waals surface area contributed by atoms with Crippen LogP contribution in [-0.2, 0) is 15.9 Å². The Bertz CT molecular complexity index is 1020. The highest BCUT2D eigenvalue weighted by molar-refractivity contribution is 6.81. The Labute approximate surface area is 164 Å². The van der Waals surface area contributed by atoms with Crippen LogP contribution in [0, 0.1) is 0 Å². The lowest BCUT2D eigenvalue weighted by molar-refractivity contribution is -0.135. The van der Waals surface area contributed by atoms with Gasteiger partial charge in [0.25, 0.3) is 0 Å². The largest absolute Gasteiger partial charge is 0.525 e. The summed E-state index contributed by atoms with van der Waals surface area (Å²) in [5, 5.41) is 1.08. The van der Waals surface area contributed by atoms with Crippen molar-refractivity contribution in [2.75, 3.05) is 0 Å². The molecule has 0 bridgehead atoms. The molecule has 0 radical (unpaired) electrons. The summed E-state index contributed by atoms with van der Waals surface area (Å²) in [6, 6.07) is 26.7. The summed E-state index contributed by atoms with van der Waals surface area (Å²) in [5.74, 6) is -0.414. The molecule has 0 amide bonds. The molecule has 0 aliphatic carbocycles. The number of para-hydroxylation sites is 1. The number of rotatable bonds is 6. The highest BCUT2D eigenvalue weighted by Gasteiger charge is 2.28. The van der Waals surface area contributed by atoms with E-state index in [2.05, 4.69) is 4.98 Å². The Morgan fingerprint density at radius 2 is 1.46 bits per heavy atom. The normalized spacial score (nSPS) is 11.9. The molecule has 1 heterocycles. The van der Waals surface area contributed by atoms with Crippen LogP contribution in [-0.4, -0.2) is 23.9 Å². The fourth-order valence-corrected chi connectivity index (χ4v) is 3.41. The molecule has 4 rings (SSSR count). The summed E-state index contributed by atoms with van der Waals surface area (Å²) in [6.45, 7) is -0.482. The van der Waals surface area contributed by atoms with Gasteiger partial charge in [0.1, 0.15) is 6.04 Å². The van der Waals surface area contributed by atoms with Gasteiger partial charge < -0.3 is 15.4 Å². The second-order valence-corrected chi connectivity index (χ2v) is 6.81. The third-order valence-electron chi connectivity index (χ3n) is 4.86. The first-order valence-corrected chi connectivity index (χ1v) is 9.33. The number of nitrogens with two attached hydrogens (primary N) is 1. The zero-order valence-corrected chi connectivity index (χ0v) is 15.4. The van der Waals surface area contributed by atoms with E-state index in [1.165, 1.54) is 0 Å². The number of aromatic amines is 1. The molecule has 0 aliphatic heterocycles. The molecule has 5 heteroatoms. The van der Waals surface area contributed by atoms with Gasteiger partial charge >= 0.3 is 12.9 Å². The van der Waals surface area contributed by atoms with E-state index in [0.29, 0.717) is 6.42 Å². The minimum Gasteiger partial charge on any atom is -0.525 e. The lowest BCUT2D eigenvalue weighted by Crippen LogP contribution is -2.49. The number of carbonyl (C=O) groups excluding carboxylic acids is 1. The van der Waals surface area contributed by atoms with Gasteiger partial charge in [0.05, 0.1) is 0 Å². The number of carbonyl (C=O) groups is 1. The third-order valence-corrected chi connectivity index (χ3v) is 4.86. The van der Waals surface area contributed by atoms with Crippen molar-refractivity contribution < 1.29 is 9.45 Å². The molecule has 0 fully saturated rings. The van der Waals surface area contributed by atoms with Crippen LogP contribution < -0.4 is 16.7 Å². The smallest absolute Gasteiger partial charge is 0.429 e. The molecule has 0 aliphatic rings. The Hall–Kier alpha value is -3.31. The quantitative estimate of drug-likeness (QED) is 0.514. The van der Waals surface area contributed by atoms with Crippen molar-refractivity contribution in [3.05, 3.63) is 96.7 Å². The molecular weight excluding hydrogens is 347 g/mol. The standard InChI is InChI=1S/C23H21BN2O2/c25-21(15-17-16-26-22-14-8-7-13-20(17)22)23(27)28-24(18-9-3-1-4-10-18)19-11-5-2-6-12-19/h1-14,16,21,26H,15,25H2. The molecule has 3 N–H and O–H groups in total. The van der Waals surface area contributed by atoms with Crippen molar-refractivity contribution in [3.8, 4) is 0 Å². The maximum Gasteiger partial charge on any atom is 0.429 e. The number of benzene rings is 3. The molecule has 3 aromatic carbocycles. The Morgan fingerprint density at radius 3 is 2.11 bits per heavy atom. The van der Waals surface area contributed by atoms with E-state index >= 15 is 0 Å². The van der Waals surface area contributed by atoms with Crippen molar-refractivity contribution in [1.82, 2.24) is 4.98 Å². The van der Waals surface area contributed by atoms with Crippen LogP contribution in [0.15, 0.2) is 91.1 Å². The van der Waals surface area contributed by atoms with Gasteiger partial charge in [-0.1, -0.05) is 78.9 Å². The average Bonchev–Trinajstić information content (AvgIpc) is 3.16. The number of nitrogens with one attached hydrogen (secondary N) is 1. The minimum atomic E-state index is -0.742. The molecule has 28 heavy (non-hydrogen) atoms. The van der Waals surface area contributed by atoms with Crippen molar-refractivity contribution in [2.45, 2.75) is 12.5 Å². The molecule has 138 valence electrons. The lowest BCUT2D eigenvalue weighted by Gasteiger charge is -2.18. The molecule has 0 saturated carbocycles. The zero-order valence-electron chi connectivity index (χ0n) is 15.4. The number of hydrogen-bond donors (Lipinski definition) is 2. The fraction of sp³-hybridized carbons (Fsp3) is 0.0870. The topological polar surface area (TPSA) is 68.1 Å².